The van der Waals surface area contributed by atoms with Crippen molar-refractivity contribution in [3.63, 3.8) is 0 Å². The van der Waals surface area contributed by atoms with E-state index < -0.39 is 0 Å². The number of carbonyl (C=O) groups excluding carboxylic acids is 1. The van der Waals surface area contributed by atoms with Crippen molar-refractivity contribution in [1.82, 2.24) is 0 Å². The van der Waals surface area contributed by atoms with Crippen LogP contribution in [0, 0.1) is 0 Å². The molecule has 1 N–H and O–H groups in total. The van der Waals surface area contributed by atoms with Crippen molar-refractivity contribution in [2.75, 3.05) is 17.7 Å². The van der Waals surface area contributed by atoms with Gasteiger partial charge in [-0.3, -0.25) is 4.79 Å². The van der Waals surface area contributed by atoms with Crippen molar-refractivity contribution in [2.45, 2.75) is 37.2 Å². The molecule has 2 aromatic rings. The zero-order valence-corrected chi connectivity index (χ0v) is 14.8. The van der Waals surface area contributed by atoms with Gasteiger partial charge in [-0.05, 0) is 49.1 Å². The number of hydrogen-bond donors (Lipinski definition) is 1. The Hall–Kier alpha value is -1.78. The molecule has 0 aromatic heterocycles. The second-order valence-electron chi connectivity index (χ2n) is 5.95. The van der Waals surface area contributed by atoms with Crippen LogP contribution in [-0.2, 0) is 11.2 Å². The fourth-order valence-electron chi connectivity index (χ4n) is 2.81. The second kappa shape index (κ2) is 8.36. The first-order valence-electron chi connectivity index (χ1n) is 8.50. The predicted octanol–water partition coefficient (Wildman–Crippen LogP) is 4.77. The van der Waals surface area contributed by atoms with E-state index in [1.807, 2.05) is 42.5 Å². The van der Waals surface area contributed by atoms with Crippen LogP contribution < -0.4 is 5.32 Å². The van der Waals surface area contributed by atoms with Gasteiger partial charge in [0.15, 0.2) is 0 Å². The van der Waals surface area contributed by atoms with Gasteiger partial charge in [0.1, 0.15) is 0 Å². The SMILES string of the molecule is CCc1cccc(NC(=O)c2ccccc2SC[C@@H]2CCCO2)c1. The van der Waals surface area contributed by atoms with Gasteiger partial charge in [-0.25, -0.2) is 0 Å². The third-order valence-electron chi connectivity index (χ3n) is 4.17. The van der Waals surface area contributed by atoms with Crippen LogP contribution in [-0.4, -0.2) is 24.4 Å². The Morgan fingerprint density at radius 3 is 2.92 bits per heavy atom. The van der Waals surface area contributed by atoms with E-state index in [0.29, 0.717) is 6.10 Å². The number of rotatable bonds is 6. The molecule has 1 saturated heterocycles. The maximum atomic E-state index is 12.7. The molecule has 1 heterocycles. The van der Waals surface area contributed by atoms with E-state index in [1.165, 1.54) is 5.56 Å². The molecule has 0 spiro atoms. The number of nitrogens with one attached hydrogen (secondary N) is 1. The monoisotopic (exact) mass is 341 g/mol. The van der Waals surface area contributed by atoms with E-state index in [0.717, 1.165) is 47.8 Å². The molecule has 0 unspecified atom stereocenters. The smallest absolute Gasteiger partial charge is 0.256 e. The Morgan fingerprint density at radius 1 is 1.25 bits per heavy atom. The van der Waals surface area contributed by atoms with Crippen LogP contribution in [0.15, 0.2) is 53.4 Å². The van der Waals surface area contributed by atoms with Crippen molar-refractivity contribution >= 4 is 23.4 Å². The number of thioether (sulfide) groups is 1. The first kappa shape index (κ1) is 17.1. The Morgan fingerprint density at radius 2 is 2.12 bits per heavy atom. The largest absolute Gasteiger partial charge is 0.377 e. The zero-order valence-electron chi connectivity index (χ0n) is 14.0. The molecule has 0 bridgehead atoms. The Balaban J connectivity index is 1.69. The Bertz CT molecular complexity index is 696. The molecule has 3 nitrogen and oxygen atoms in total. The molecule has 3 rings (SSSR count). The number of anilines is 1. The van der Waals surface area contributed by atoms with Gasteiger partial charge in [-0.15, -0.1) is 11.8 Å². The number of aryl methyl sites for hydroxylation is 1. The van der Waals surface area contributed by atoms with Gasteiger partial charge >= 0.3 is 0 Å². The van der Waals surface area contributed by atoms with Crippen LogP contribution >= 0.6 is 11.8 Å². The molecule has 0 radical (unpaired) electrons. The maximum Gasteiger partial charge on any atom is 0.256 e. The van der Waals surface area contributed by atoms with E-state index in [9.17, 15) is 4.79 Å². The predicted molar refractivity (Wildman–Crippen MR) is 99.9 cm³/mol. The third kappa shape index (κ3) is 4.40. The van der Waals surface area contributed by atoms with Gasteiger partial charge in [0.2, 0.25) is 0 Å². The number of benzene rings is 2. The van der Waals surface area contributed by atoms with Crippen molar-refractivity contribution in [2.24, 2.45) is 0 Å². The summed E-state index contributed by atoms with van der Waals surface area (Å²) in [5.74, 6) is 0.842. The van der Waals surface area contributed by atoms with E-state index in [2.05, 4.69) is 18.3 Å². The summed E-state index contributed by atoms with van der Waals surface area (Å²) < 4.78 is 5.67. The Kier molecular flexibility index (Phi) is 5.94. The summed E-state index contributed by atoms with van der Waals surface area (Å²) in [4.78, 5) is 13.7. The lowest BCUT2D eigenvalue weighted by Gasteiger charge is -2.12. The van der Waals surface area contributed by atoms with Crippen molar-refractivity contribution in [3.05, 3.63) is 59.7 Å². The number of amides is 1. The molecule has 1 amide bonds. The van der Waals surface area contributed by atoms with Crippen LogP contribution in [0.3, 0.4) is 0 Å². The van der Waals surface area contributed by atoms with Gasteiger partial charge in [0.25, 0.3) is 5.91 Å². The number of ether oxygens (including phenoxy) is 1. The zero-order chi connectivity index (χ0) is 16.8. The van der Waals surface area contributed by atoms with E-state index in [-0.39, 0.29) is 5.91 Å². The lowest BCUT2D eigenvalue weighted by molar-refractivity contribution is 0.102. The minimum atomic E-state index is -0.0568. The highest BCUT2D eigenvalue weighted by Crippen LogP contribution is 2.27. The molecule has 24 heavy (non-hydrogen) atoms. The minimum Gasteiger partial charge on any atom is -0.377 e. The summed E-state index contributed by atoms with van der Waals surface area (Å²) in [6.45, 7) is 2.97. The number of hydrogen-bond acceptors (Lipinski definition) is 3. The van der Waals surface area contributed by atoms with Gasteiger partial charge in [-0.2, -0.15) is 0 Å². The first-order chi connectivity index (χ1) is 11.8. The quantitative estimate of drug-likeness (QED) is 0.769. The molecule has 1 atom stereocenters. The topological polar surface area (TPSA) is 38.3 Å². The lowest BCUT2D eigenvalue weighted by atomic mass is 10.1. The molecule has 1 fully saturated rings. The van der Waals surface area contributed by atoms with Crippen LogP contribution in [0.4, 0.5) is 5.69 Å². The van der Waals surface area contributed by atoms with Crippen molar-refractivity contribution < 1.29 is 9.53 Å². The third-order valence-corrected chi connectivity index (χ3v) is 5.38. The molecular weight excluding hydrogens is 318 g/mol. The van der Waals surface area contributed by atoms with Gasteiger partial charge in [0.05, 0.1) is 11.7 Å². The van der Waals surface area contributed by atoms with Crippen molar-refractivity contribution in [3.8, 4) is 0 Å². The summed E-state index contributed by atoms with van der Waals surface area (Å²) in [6, 6.07) is 15.8. The molecule has 0 saturated carbocycles. The van der Waals surface area contributed by atoms with Crippen LogP contribution in [0.5, 0.6) is 0 Å². The maximum absolute atomic E-state index is 12.7. The molecule has 2 aromatic carbocycles. The molecular formula is C20H23NO2S. The number of carbonyl (C=O) groups is 1. The molecule has 126 valence electrons. The van der Waals surface area contributed by atoms with Crippen LogP contribution in [0.1, 0.15) is 35.7 Å². The molecule has 4 heteroatoms. The summed E-state index contributed by atoms with van der Waals surface area (Å²) in [5, 5.41) is 3.02. The lowest BCUT2D eigenvalue weighted by Crippen LogP contribution is -2.14. The van der Waals surface area contributed by atoms with Gasteiger partial charge < -0.3 is 10.1 Å². The minimum absolute atomic E-state index is 0.0568. The van der Waals surface area contributed by atoms with Crippen LogP contribution in [0.2, 0.25) is 0 Å². The standard InChI is InChI=1S/C20H23NO2S/c1-2-15-7-5-8-16(13-15)21-20(22)18-10-3-4-11-19(18)24-14-17-9-6-12-23-17/h3-5,7-8,10-11,13,17H,2,6,9,12,14H2,1H3,(H,21,22)/t17-/m0/s1. The highest BCUT2D eigenvalue weighted by atomic mass is 32.2. The summed E-state index contributed by atoms with van der Waals surface area (Å²) in [6.07, 6.45) is 3.52. The first-order valence-corrected chi connectivity index (χ1v) is 9.48. The highest BCUT2D eigenvalue weighted by molar-refractivity contribution is 7.99. The fourth-order valence-corrected chi connectivity index (χ4v) is 3.93. The second-order valence-corrected chi connectivity index (χ2v) is 7.01. The van der Waals surface area contributed by atoms with E-state index in [1.54, 1.807) is 11.8 Å². The molecule has 1 aliphatic heterocycles. The van der Waals surface area contributed by atoms with Crippen LogP contribution in [0.25, 0.3) is 0 Å². The van der Waals surface area contributed by atoms with E-state index in [4.69, 9.17) is 4.74 Å². The van der Waals surface area contributed by atoms with Gasteiger partial charge in [0, 0.05) is 22.9 Å². The normalized spacial score (nSPS) is 17.0. The summed E-state index contributed by atoms with van der Waals surface area (Å²) in [5.41, 5.74) is 2.79. The molecule has 0 aliphatic carbocycles. The van der Waals surface area contributed by atoms with Gasteiger partial charge in [-0.1, -0.05) is 31.2 Å². The summed E-state index contributed by atoms with van der Waals surface area (Å²) in [7, 11) is 0. The fraction of sp³-hybridized carbons (Fsp3) is 0.350. The summed E-state index contributed by atoms with van der Waals surface area (Å²) >= 11 is 1.71. The van der Waals surface area contributed by atoms with Crippen molar-refractivity contribution in [1.29, 1.82) is 0 Å². The average Bonchev–Trinajstić information content (AvgIpc) is 3.14. The molecule has 1 aliphatic rings. The average molecular weight is 341 g/mol. The Labute approximate surface area is 147 Å². The highest BCUT2D eigenvalue weighted by Gasteiger charge is 2.18. The van der Waals surface area contributed by atoms with E-state index >= 15 is 0 Å².